The molecule has 0 fully saturated rings. The molecule has 58 heavy (non-hydrogen) atoms. The number of unbranched alkanes of at least 4 members (excludes halogenated alkanes) is 1. The van der Waals surface area contributed by atoms with Crippen molar-refractivity contribution in [3.63, 3.8) is 0 Å². The molecule has 0 heterocycles. The van der Waals surface area contributed by atoms with Crippen molar-refractivity contribution in [3.05, 3.63) is 150 Å². The highest BCUT2D eigenvalue weighted by atomic mass is 16.5. The van der Waals surface area contributed by atoms with Gasteiger partial charge in [-0.1, -0.05) is 68.4 Å². The number of ether oxygens (including phenoxy) is 5. The van der Waals surface area contributed by atoms with Gasteiger partial charge >= 0.3 is 23.9 Å². The fourth-order valence-electron chi connectivity index (χ4n) is 5.83. The van der Waals surface area contributed by atoms with E-state index < -0.39 is 35.2 Å². The van der Waals surface area contributed by atoms with E-state index in [-0.39, 0.29) is 13.0 Å². The maximum absolute atomic E-state index is 13.2. The van der Waals surface area contributed by atoms with Crippen molar-refractivity contribution in [2.45, 2.75) is 46.5 Å². The third-order valence-electron chi connectivity index (χ3n) is 9.45. The van der Waals surface area contributed by atoms with Crippen LogP contribution in [0.3, 0.4) is 0 Å². The van der Waals surface area contributed by atoms with E-state index in [1.165, 1.54) is 6.08 Å². The number of nitriles is 1. The Bertz CT molecular complexity index is 2210. The van der Waals surface area contributed by atoms with Crippen molar-refractivity contribution in [3.8, 4) is 40.2 Å². The maximum atomic E-state index is 13.2. The molecular weight excluding hydrogens is 735 g/mol. The van der Waals surface area contributed by atoms with Gasteiger partial charge in [0.05, 0.1) is 41.7 Å². The van der Waals surface area contributed by atoms with Crippen LogP contribution in [0.4, 0.5) is 0 Å². The summed E-state index contributed by atoms with van der Waals surface area (Å²) in [5, 5.41) is 8.99. The number of rotatable bonds is 18. The van der Waals surface area contributed by atoms with Gasteiger partial charge in [-0.05, 0) is 128 Å². The van der Waals surface area contributed by atoms with E-state index in [1.807, 2.05) is 61.5 Å². The topological polar surface area (TPSA) is 138 Å². The van der Waals surface area contributed by atoms with E-state index in [2.05, 4.69) is 6.07 Å². The lowest BCUT2D eigenvalue weighted by molar-refractivity contribution is -0.152. The number of benzene rings is 5. The Morgan fingerprint density at radius 1 is 0.690 bits per heavy atom. The van der Waals surface area contributed by atoms with Crippen LogP contribution in [0.25, 0.3) is 17.2 Å². The Kier molecular flexibility index (Phi) is 15.1. The van der Waals surface area contributed by atoms with Crippen LogP contribution in [0.2, 0.25) is 0 Å². The lowest BCUT2D eigenvalue weighted by atomic mass is 9.79. The minimum atomic E-state index is -0.939. The number of esters is 4. The average molecular weight is 780 g/mol. The molecule has 5 aromatic rings. The first-order valence-corrected chi connectivity index (χ1v) is 19.0. The summed E-state index contributed by atoms with van der Waals surface area (Å²) >= 11 is 0. The minimum Gasteiger partial charge on any atom is -0.494 e. The molecule has 0 aromatic heterocycles. The Morgan fingerprint density at radius 2 is 1.24 bits per heavy atom. The van der Waals surface area contributed by atoms with E-state index in [0.29, 0.717) is 60.0 Å². The van der Waals surface area contributed by atoms with Crippen LogP contribution in [0, 0.1) is 22.7 Å². The number of carbonyl (C=O) groups is 4. The largest absolute Gasteiger partial charge is 0.494 e. The van der Waals surface area contributed by atoms with Crippen LogP contribution in [-0.2, 0) is 19.1 Å². The highest BCUT2D eigenvalue weighted by Crippen LogP contribution is 2.33. The number of carbonyl (C=O) groups excluding carboxylic acids is 4. The normalized spacial score (nSPS) is 12.4. The van der Waals surface area contributed by atoms with Gasteiger partial charge in [0.15, 0.2) is 0 Å². The second-order valence-corrected chi connectivity index (χ2v) is 13.9. The first-order valence-electron chi connectivity index (χ1n) is 19.0. The molecule has 5 aromatic carbocycles. The molecule has 5 rings (SSSR count). The third-order valence-corrected chi connectivity index (χ3v) is 9.45. The van der Waals surface area contributed by atoms with Crippen LogP contribution in [0.15, 0.2) is 133 Å². The highest BCUT2D eigenvalue weighted by molar-refractivity contribution is 5.91. The van der Waals surface area contributed by atoms with Crippen LogP contribution in [-0.4, -0.2) is 37.1 Å². The number of nitrogens with zero attached hydrogens (tertiary/aromatic N) is 1. The molecular formula is C48H45NO9. The fourth-order valence-corrected chi connectivity index (χ4v) is 5.83. The summed E-state index contributed by atoms with van der Waals surface area (Å²) in [7, 11) is 0. The van der Waals surface area contributed by atoms with Crippen molar-refractivity contribution in [2.75, 3.05) is 13.2 Å². The van der Waals surface area contributed by atoms with Crippen molar-refractivity contribution in [1.82, 2.24) is 0 Å². The second kappa shape index (κ2) is 20.8. The van der Waals surface area contributed by atoms with Gasteiger partial charge in [-0.3, -0.25) is 9.59 Å². The van der Waals surface area contributed by atoms with Crippen LogP contribution in [0.1, 0.15) is 67.9 Å². The average Bonchev–Trinajstić information content (AvgIpc) is 3.25. The van der Waals surface area contributed by atoms with Gasteiger partial charge in [-0.15, -0.1) is 0 Å². The van der Waals surface area contributed by atoms with Crippen LogP contribution in [0.5, 0.6) is 23.0 Å². The number of hydrogen-bond donors (Lipinski definition) is 0. The summed E-state index contributed by atoms with van der Waals surface area (Å²) in [5.74, 6) is -0.850. The summed E-state index contributed by atoms with van der Waals surface area (Å²) in [5.41, 5.74) is 2.78. The van der Waals surface area contributed by atoms with E-state index in [0.717, 1.165) is 16.7 Å². The van der Waals surface area contributed by atoms with Crippen LogP contribution >= 0.6 is 0 Å². The molecule has 0 bridgehead atoms. The predicted octanol–water partition coefficient (Wildman–Crippen LogP) is 9.81. The Labute approximate surface area is 338 Å². The van der Waals surface area contributed by atoms with Crippen molar-refractivity contribution < 1.29 is 42.9 Å². The van der Waals surface area contributed by atoms with E-state index in [1.54, 1.807) is 92.7 Å². The quantitative estimate of drug-likeness (QED) is 0.0366. The summed E-state index contributed by atoms with van der Waals surface area (Å²) in [6.45, 7) is 5.95. The minimum absolute atomic E-state index is 0.206. The zero-order chi connectivity index (χ0) is 41.3. The molecule has 0 saturated carbocycles. The van der Waals surface area contributed by atoms with Gasteiger partial charge in [-0.2, -0.15) is 5.26 Å². The molecule has 10 nitrogen and oxygen atoms in total. The Morgan fingerprint density at radius 3 is 1.86 bits per heavy atom. The predicted molar refractivity (Wildman–Crippen MR) is 219 cm³/mol. The summed E-state index contributed by atoms with van der Waals surface area (Å²) in [4.78, 5) is 51.0. The summed E-state index contributed by atoms with van der Waals surface area (Å²) in [6, 6.07) is 38.7. The van der Waals surface area contributed by atoms with Crippen molar-refractivity contribution in [2.24, 2.45) is 11.3 Å². The Hall–Kier alpha value is -6.99. The first-order chi connectivity index (χ1) is 28.0. The standard InChI is InChI=1S/C48H45NO9/c1-4-48(3,47(53)58-43-27-25-41(26-28-43)56-44(50)29-14-35-10-6-5-7-11-35)32-34(2)45(51)55-31-9-8-30-54-40-21-19-39(20-22-40)46(52)57-42-23-17-38(18-24-42)37-15-12-36(33-49)13-16-37/h5-7,10-29,34H,4,8-9,30-32H2,1-3H3/b29-14+. The van der Waals surface area contributed by atoms with Crippen molar-refractivity contribution >= 4 is 30.0 Å². The van der Waals surface area contributed by atoms with Gasteiger partial charge < -0.3 is 23.7 Å². The molecule has 296 valence electrons. The van der Waals surface area contributed by atoms with Gasteiger partial charge in [-0.25, -0.2) is 9.59 Å². The van der Waals surface area contributed by atoms with E-state index >= 15 is 0 Å². The highest BCUT2D eigenvalue weighted by Gasteiger charge is 2.37. The molecule has 0 N–H and O–H groups in total. The van der Waals surface area contributed by atoms with E-state index in [4.69, 9.17) is 28.9 Å². The van der Waals surface area contributed by atoms with Crippen LogP contribution < -0.4 is 18.9 Å². The molecule has 0 amide bonds. The SMILES string of the molecule is CCC(C)(CC(C)C(=O)OCCCCOc1ccc(C(=O)Oc2ccc(-c3ccc(C#N)cc3)cc2)cc1)C(=O)Oc1ccc(OC(=O)/C=C/c2ccccc2)cc1. The molecule has 0 aliphatic heterocycles. The summed E-state index contributed by atoms with van der Waals surface area (Å²) in [6.07, 6.45) is 4.89. The molecule has 2 unspecified atom stereocenters. The molecule has 2 atom stereocenters. The molecule has 10 heteroatoms. The zero-order valence-electron chi connectivity index (χ0n) is 32.7. The lowest BCUT2D eigenvalue weighted by Gasteiger charge is -2.28. The zero-order valence-corrected chi connectivity index (χ0v) is 32.7. The molecule has 0 aliphatic rings. The van der Waals surface area contributed by atoms with Crippen molar-refractivity contribution in [1.29, 1.82) is 5.26 Å². The molecule has 0 radical (unpaired) electrons. The van der Waals surface area contributed by atoms with Gasteiger partial charge in [0.2, 0.25) is 0 Å². The second-order valence-electron chi connectivity index (χ2n) is 13.9. The number of hydrogen-bond acceptors (Lipinski definition) is 10. The van der Waals surface area contributed by atoms with E-state index in [9.17, 15) is 19.2 Å². The molecule has 0 spiro atoms. The third kappa shape index (κ3) is 12.5. The van der Waals surface area contributed by atoms with Gasteiger partial charge in [0.25, 0.3) is 0 Å². The van der Waals surface area contributed by atoms with Gasteiger partial charge in [0.1, 0.15) is 23.0 Å². The molecule has 0 aliphatic carbocycles. The smallest absolute Gasteiger partial charge is 0.343 e. The Balaban J connectivity index is 0.973. The fraction of sp³-hybridized carbons (Fsp3) is 0.229. The monoisotopic (exact) mass is 779 g/mol. The first kappa shape index (κ1) is 42.2. The van der Waals surface area contributed by atoms with Gasteiger partial charge in [0, 0.05) is 6.08 Å². The summed E-state index contributed by atoms with van der Waals surface area (Å²) < 4.78 is 27.8. The maximum Gasteiger partial charge on any atom is 0.343 e. The molecule has 0 saturated heterocycles. The lowest BCUT2D eigenvalue weighted by Crippen LogP contribution is -2.35.